The molecule has 10 heteroatoms. The van der Waals surface area contributed by atoms with Crippen molar-refractivity contribution in [3.63, 3.8) is 0 Å². The lowest BCUT2D eigenvalue weighted by molar-refractivity contribution is -0.154. The van der Waals surface area contributed by atoms with Crippen molar-refractivity contribution in [2.75, 3.05) is 31.7 Å². The molecule has 2 N–H and O–H groups in total. The second-order valence-corrected chi connectivity index (χ2v) is 9.25. The summed E-state index contributed by atoms with van der Waals surface area (Å²) in [5.41, 5.74) is 1.05. The number of likely N-dealkylation sites (tertiary alicyclic amines) is 1. The van der Waals surface area contributed by atoms with Gasteiger partial charge in [-0.15, -0.1) is 0 Å². The normalized spacial score (nSPS) is 17.0. The predicted molar refractivity (Wildman–Crippen MR) is 128 cm³/mol. The van der Waals surface area contributed by atoms with E-state index in [1.165, 1.54) is 4.90 Å². The van der Waals surface area contributed by atoms with Gasteiger partial charge < -0.3 is 29.5 Å². The Balaban J connectivity index is 1.57. The molecule has 1 saturated heterocycles. The average molecular weight is 503 g/mol. The molecule has 2 heterocycles. The summed E-state index contributed by atoms with van der Waals surface area (Å²) in [6.07, 6.45) is -0.0368. The SMILES string of the molecule is COc1ccc(CN2C(=O)CCc3c(OCC4(C(=O)O)CCN(C(=O)O)CC4)ccc(Cl)c32)cc1. The van der Waals surface area contributed by atoms with Crippen molar-refractivity contribution in [2.24, 2.45) is 5.41 Å². The fourth-order valence-corrected chi connectivity index (χ4v) is 4.87. The van der Waals surface area contributed by atoms with Gasteiger partial charge in [-0.25, -0.2) is 4.79 Å². The van der Waals surface area contributed by atoms with Gasteiger partial charge >= 0.3 is 12.1 Å². The van der Waals surface area contributed by atoms with Crippen molar-refractivity contribution in [1.82, 2.24) is 4.90 Å². The smallest absolute Gasteiger partial charge is 0.407 e. The number of methoxy groups -OCH3 is 1. The summed E-state index contributed by atoms with van der Waals surface area (Å²) in [5.74, 6) is 0.129. The Labute approximate surface area is 207 Å². The molecule has 0 bridgehead atoms. The number of aliphatic carboxylic acids is 1. The predicted octanol–water partition coefficient (Wildman–Crippen LogP) is 4.05. The maximum atomic E-state index is 12.9. The van der Waals surface area contributed by atoms with Gasteiger partial charge in [0.1, 0.15) is 23.5 Å². The van der Waals surface area contributed by atoms with Gasteiger partial charge in [-0.2, -0.15) is 0 Å². The number of amides is 2. The third-order valence-corrected chi connectivity index (χ3v) is 7.10. The molecule has 0 aliphatic carbocycles. The summed E-state index contributed by atoms with van der Waals surface area (Å²) in [7, 11) is 1.59. The molecule has 0 radical (unpaired) electrons. The first-order valence-corrected chi connectivity index (χ1v) is 11.7. The van der Waals surface area contributed by atoms with Crippen molar-refractivity contribution < 1.29 is 34.1 Å². The third-order valence-electron chi connectivity index (χ3n) is 6.80. The first kappa shape index (κ1) is 24.7. The highest BCUT2D eigenvalue weighted by Gasteiger charge is 2.44. The number of ether oxygens (including phenoxy) is 2. The Morgan fingerprint density at radius 1 is 1.06 bits per heavy atom. The topological polar surface area (TPSA) is 117 Å². The number of halogens is 1. The number of carbonyl (C=O) groups excluding carboxylic acids is 1. The molecule has 2 aliphatic heterocycles. The number of piperidine rings is 1. The van der Waals surface area contributed by atoms with Crippen molar-refractivity contribution in [1.29, 1.82) is 0 Å². The standard InChI is InChI=1S/C25H27ClN2O7/c1-34-17-4-2-16(3-5-17)14-28-21(29)9-6-18-20(8-7-19(26)22(18)28)35-15-25(23(30)31)10-12-27(13-11-25)24(32)33/h2-5,7-8H,6,9-15H2,1H3,(H,30,31)(H,32,33). The second-order valence-electron chi connectivity index (χ2n) is 8.84. The van der Waals surface area contributed by atoms with Gasteiger partial charge in [0.2, 0.25) is 5.91 Å². The van der Waals surface area contributed by atoms with Crippen LogP contribution < -0.4 is 14.4 Å². The van der Waals surface area contributed by atoms with Crippen LogP contribution in [0, 0.1) is 5.41 Å². The Bertz CT molecular complexity index is 1130. The summed E-state index contributed by atoms with van der Waals surface area (Å²) in [4.78, 5) is 39.1. The average Bonchev–Trinajstić information content (AvgIpc) is 2.85. The number of carboxylic acids is 1. The van der Waals surface area contributed by atoms with E-state index < -0.39 is 17.5 Å². The minimum absolute atomic E-state index is 0.0598. The van der Waals surface area contributed by atoms with Crippen LogP contribution in [0.2, 0.25) is 5.02 Å². The molecule has 35 heavy (non-hydrogen) atoms. The van der Waals surface area contributed by atoms with E-state index in [0.717, 1.165) is 16.9 Å². The number of nitrogens with zero attached hydrogens (tertiary/aromatic N) is 2. The van der Waals surface area contributed by atoms with Crippen molar-refractivity contribution in [3.8, 4) is 11.5 Å². The Morgan fingerprint density at radius 2 is 1.74 bits per heavy atom. The Hall–Kier alpha value is -3.46. The molecule has 2 amide bonds. The van der Waals surface area contributed by atoms with Crippen LogP contribution in [0.15, 0.2) is 36.4 Å². The van der Waals surface area contributed by atoms with E-state index in [2.05, 4.69) is 0 Å². The molecule has 2 aromatic rings. The summed E-state index contributed by atoms with van der Waals surface area (Å²) in [6, 6.07) is 10.8. The van der Waals surface area contributed by atoms with E-state index in [0.29, 0.717) is 29.4 Å². The summed E-state index contributed by atoms with van der Waals surface area (Å²) in [5, 5.41) is 19.5. The van der Waals surface area contributed by atoms with Crippen LogP contribution in [-0.2, 0) is 22.6 Å². The zero-order valence-corrected chi connectivity index (χ0v) is 20.1. The largest absolute Gasteiger partial charge is 0.497 e. The quantitative estimate of drug-likeness (QED) is 0.586. The molecule has 4 rings (SSSR count). The molecule has 2 aromatic carbocycles. The summed E-state index contributed by atoms with van der Waals surface area (Å²) in [6.45, 7) is 0.487. The molecule has 186 valence electrons. The second kappa shape index (κ2) is 10.0. The number of hydrogen-bond donors (Lipinski definition) is 2. The lowest BCUT2D eigenvalue weighted by atomic mass is 9.79. The van der Waals surface area contributed by atoms with Crippen LogP contribution in [-0.4, -0.2) is 59.9 Å². The molecule has 0 aromatic heterocycles. The summed E-state index contributed by atoms with van der Waals surface area (Å²) >= 11 is 6.54. The maximum absolute atomic E-state index is 12.9. The molecule has 0 spiro atoms. The van der Waals surface area contributed by atoms with Crippen LogP contribution in [0.1, 0.15) is 30.4 Å². The molecule has 0 atom stereocenters. The molecular weight excluding hydrogens is 476 g/mol. The van der Waals surface area contributed by atoms with E-state index in [4.69, 9.17) is 21.1 Å². The number of fused-ring (bicyclic) bond motifs is 1. The van der Waals surface area contributed by atoms with E-state index in [-0.39, 0.29) is 44.9 Å². The Morgan fingerprint density at radius 3 is 2.34 bits per heavy atom. The first-order chi connectivity index (χ1) is 16.7. The van der Waals surface area contributed by atoms with Gasteiger partial charge in [0, 0.05) is 25.1 Å². The fraction of sp³-hybridized carbons (Fsp3) is 0.400. The lowest BCUT2D eigenvalue weighted by Crippen LogP contribution is -2.49. The minimum atomic E-state index is -1.19. The Kier molecular flexibility index (Phi) is 7.07. The zero-order valence-electron chi connectivity index (χ0n) is 19.3. The van der Waals surface area contributed by atoms with Crippen LogP contribution in [0.25, 0.3) is 0 Å². The fourth-order valence-electron chi connectivity index (χ4n) is 4.59. The number of carbonyl (C=O) groups is 3. The highest BCUT2D eigenvalue weighted by molar-refractivity contribution is 6.34. The van der Waals surface area contributed by atoms with Gasteiger partial charge in [-0.05, 0) is 49.1 Å². The first-order valence-electron chi connectivity index (χ1n) is 11.3. The van der Waals surface area contributed by atoms with Crippen LogP contribution >= 0.6 is 11.6 Å². The number of benzene rings is 2. The minimum Gasteiger partial charge on any atom is -0.497 e. The van der Waals surface area contributed by atoms with Gasteiger partial charge in [0.15, 0.2) is 0 Å². The van der Waals surface area contributed by atoms with Gasteiger partial charge in [0.05, 0.1) is 24.4 Å². The molecule has 0 saturated carbocycles. The van der Waals surface area contributed by atoms with Crippen molar-refractivity contribution in [3.05, 3.63) is 52.5 Å². The van der Waals surface area contributed by atoms with Crippen LogP contribution in [0.3, 0.4) is 0 Å². The lowest BCUT2D eigenvalue weighted by Gasteiger charge is -2.38. The summed E-state index contributed by atoms with van der Waals surface area (Å²) < 4.78 is 11.3. The van der Waals surface area contributed by atoms with Gasteiger partial charge in [-0.3, -0.25) is 9.59 Å². The van der Waals surface area contributed by atoms with Crippen LogP contribution in [0.4, 0.5) is 10.5 Å². The molecule has 2 aliphatic rings. The molecule has 9 nitrogen and oxygen atoms in total. The molecule has 0 unspecified atom stereocenters. The van der Waals surface area contributed by atoms with E-state index in [9.17, 15) is 24.6 Å². The third kappa shape index (κ3) is 5.00. The number of hydrogen-bond acceptors (Lipinski definition) is 5. The van der Waals surface area contributed by atoms with Gasteiger partial charge in [0.25, 0.3) is 0 Å². The van der Waals surface area contributed by atoms with Crippen molar-refractivity contribution in [2.45, 2.75) is 32.2 Å². The molecule has 1 fully saturated rings. The number of rotatable bonds is 7. The maximum Gasteiger partial charge on any atom is 0.407 e. The van der Waals surface area contributed by atoms with Crippen LogP contribution in [0.5, 0.6) is 11.5 Å². The molecular formula is C25H27ClN2O7. The van der Waals surface area contributed by atoms with Crippen molar-refractivity contribution >= 4 is 35.3 Å². The van der Waals surface area contributed by atoms with E-state index in [1.807, 2.05) is 24.3 Å². The number of anilines is 1. The highest BCUT2D eigenvalue weighted by Crippen LogP contribution is 2.42. The zero-order chi connectivity index (χ0) is 25.2. The number of carboxylic acid groups (broad SMARTS) is 2. The monoisotopic (exact) mass is 502 g/mol. The van der Waals surface area contributed by atoms with E-state index >= 15 is 0 Å². The van der Waals surface area contributed by atoms with E-state index in [1.54, 1.807) is 24.1 Å². The highest BCUT2D eigenvalue weighted by atomic mass is 35.5. The van der Waals surface area contributed by atoms with Gasteiger partial charge in [-0.1, -0.05) is 23.7 Å².